The van der Waals surface area contributed by atoms with Crippen LogP contribution in [0, 0.1) is 0 Å². The molecule has 17 heavy (non-hydrogen) atoms. The van der Waals surface area contributed by atoms with Gasteiger partial charge in [0, 0.05) is 12.1 Å². The molecule has 0 aliphatic rings. The summed E-state index contributed by atoms with van der Waals surface area (Å²) >= 11 is 0. The highest BCUT2D eigenvalue weighted by molar-refractivity contribution is 5.72. The minimum Gasteiger partial charge on any atom is -0.459 e. The van der Waals surface area contributed by atoms with Gasteiger partial charge in [-0.3, -0.25) is 9.69 Å². The molecule has 102 valence electrons. The van der Waals surface area contributed by atoms with Gasteiger partial charge in [-0.15, -0.1) is 0 Å². The molecule has 0 aromatic carbocycles. The summed E-state index contributed by atoms with van der Waals surface area (Å²) in [5, 5.41) is 0. The van der Waals surface area contributed by atoms with Gasteiger partial charge < -0.3 is 10.5 Å². The van der Waals surface area contributed by atoms with E-state index in [4.69, 9.17) is 10.5 Å². The maximum Gasteiger partial charge on any atom is 0.320 e. The third-order valence-electron chi connectivity index (χ3n) is 2.59. The fourth-order valence-electron chi connectivity index (χ4n) is 1.52. The number of carbonyl (C=O) groups is 1. The monoisotopic (exact) mass is 244 g/mol. The second kappa shape index (κ2) is 6.36. The minimum absolute atomic E-state index is 0.174. The van der Waals surface area contributed by atoms with Crippen LogP contribution in [-0.2, 0) is 9.53 Å². The Morgan fingerprint density at radius 3 is 2.12 bits per heavy atom. The van der Waals surface area contributed by atoms with Gasteiger partial charge >= 0.3 is 5.97 Å². The average Bonchev–Trinajstić information content (AvgIpc) is 2.14. The van der Waals surface area contributed by atoms with Crippen LogP contribution in [0.2, 0.25) is 0 Å². The van der Waals surface area contributed by atoms with E-state index in [1.54, 1.807) is 0 Å². The smallest absolute Gasteiger partial charge is 0.320 e. The zero-order valence-electron chi connectivity index (χ0n) is 12.2. The molecule has 0 fully saturated rings. The van der Waals surface area contributed by atoms with Crippen LogP contribution >= 0.6 is 0 Å². The van der Waals surface area contributed by atoms with E-state index >= 15 is 0 Å². The number of nitrogens with zero attached hydrogens (tertiary/aromatic N) is 1. The van der Waals surface area contributed by atoms with Gasteiger partial charge in [-0.1, -0.05) is 6.92 Å². The van der Waals surface area contributed by atoms with E-state index in [-0.39, 0.29) is 11.5 Å². The third kappa shape index (κ3) is 6.64. The Bertz CT molecular complexity index is 244. The van der Waals surface area contributed by atoms with Crippen LogP contribution in [0.25, 0.3) is 0 Å². The topological polar surface area (TPSA) is 55.6 Å². The molecule has 0 aliphatic heterocycles. The van der Waals surface area contributed by atoms with Crippen LogP contribution in [0.5, 0.6) is 0 Å². The molecular formula is C13H28N2O2. The number of carbonyl (C=O) groups excluding carboxylic acids is 1. The Hall–Kier alpha value is -0.610. The van der Waals surface area contributed by atoms with Crippen molar-refractivity contribution in [1.29, 1.82) is 0 Å². The number of hydrogen-bond acceptors (Lipinski definition) is 4. The maximum absolute atomic E-state index is 11.8. The van der Waals surface area contributed by atoms with Gasteiger partial charge in [0.15, 0.2) is 0 Å². The SMILES string of the molecule is CCCN(CC(=O)OC(C)(C)C)C(C)(C)CN. The molecule has 0 aromatic heterocycles. The molecule has 0 atom stereocenters. The van der Waals surface area contributed by atoms with E-state index in [0.717, 1.165) is 13.0 Å². The molecule has 0 heterocycles. The summed E-state index contributed by atoms with van der Waals surface area (Å²) in [7, 11) is 0. The second-order valence-corrected chi connectivity index (χ2v) is 6.02. The molecule has 2 N–H and O–H groups in total. The number of rotatable bonds is 6. The molecule has 0 aromatic rings. The summed E-state index contributed by atoms with van der Waals surface area (Å²) in [4.78, 5) is 13.9. The first kappa shape index (κ1) is 16.4. The van der Waals surface area contributed by atoms with Crippen molar-refractivity contribution in [3.8, 4) is 0 Å². The lowest BCUT2D eigenvalue weighted by Crippen LogP contribution is -2.52. The van der Waals surface area contributed by atoms with Gasteiger partial charge in [0.05, 0.1) is 6.54 Å². The standard InChI is InChI=1S/C13H28N2O2/c1-7-8-15(13(5,6)10-14)9-11(16)17-12(2,3)4/h7-10,14H2,1-6H3. The second-order valence-electron chi connectivity index (χ2n) is 6.02. The van der Waals surface area contributed by atoms with E-state index in [9.17, 15) is 4.79 Å². The number of ether oxygens (including phenoxy) is 1. The quantitative estimate of drug-likeness (QED) is 0.724. The summed E-state index contributed by atoms with van der Waals surface area (Å²) in [6.45, 7) is 13.5. The van der Waals surface area contributed by atoms with Crippen molar-refractivity contribution in [2.75, 3.05) is 19.6 Å². The van der Waals surface area contributed by atoms with Crippen LogP contribution in [0.1, 0.15) is 48.0 Å². The molecule has 0 saturated heterocycles. The number of esters is 1. The fourth-order valence-corrected chi connectivity index (χ4v) is 1.52. The molecule has 4 heteroatoms. The molecule has 0 saturated carbocycles. The van der Waals surface area contributed by atoms with E-state index < -0.39 is 5.60 Å². The molecular weight excluding hydrogens is 216 g/mol. The lowest BCUT2D eigenvalue weighted by molar-refractivity contribution is -0.157. The molecule has 0 radical (unpaired) electrons. The lowest BCUT2D eigenvalue weighted by atomic mass is 10.0. The summed E-state index contributed by atoms with van der Waals surface area (Å²) in [5.41, 5.74) is 5.14. The first-order valence-electron chi connectivity index (χ1n) is 6.29. The zero-order chi connectivity index (χ0) is 13.7. The summed E-state index contributed by atoms with van der Waals surface area (Å²) in [6, 6.07) is 0. The number of hydrogen-bond donors (Lipinski definition) is 1. The van der Waals surface area contributed by atoms with Crippen molar-refractivity contribution >= 4 is 5.97 Å². The molecule has 0 rings (SSSR count). The van der Waals surface area contributed by atoms with Crippen LogP contribution in [0.4, 0.5) is 0 Å². The molecule has 0 spiro atoms. The predicted molar refractivity (Wildman–Crippen MR) is 70.8 cm³/mol. The molecule has 0 bridgehead atoms. The molecule has 4 nitrogen and oxygen atoms in total. The molecule has 0 unspecified atom stereocenters. The van der Waals surface area contributed by atoms with Crippen molar-refractivity contribution in [1.82, 2.24) is 4.90 Å². The highest BCUT2D eigenvalue weighted by Crippen LogP contribution is 2.15. The van der Waals surface area contributed by atoms with Crippen LogP contribution in [-0.4, -0.2) is 41.6 Å². The third-order valence-corrected chi connectivity index (χ3v) is 2.59. The van der Waals surface area contributed by atoms with Gasteiger partial charge in [0.2, 0.25) is 0 Å². The van der Waals surface area contributed by atoms with Crippen LogP contribution < -0.4 is 5.73 Å². The van der Waals surface area contributed by atoms with Crippen molar-refractivity contribution in [2.45, 2.75) is 59.1 Å². The summed E-state index contributed by atoms with van der Waals surface area (Å²) in [5.74, 6) is -0.188. The summed E-state index contributed by atoms with van der Waals surface area (Å²) < 4.78 is 5.33. The van der Waals surface area contributed by atoms with Gasteiger partial charge in [-0.2, -0.15) is 0 Å². The van der Waals surface area contributed by atoms with Gasteiger partial charge in [-0.25, -0.2) is 0 Å². The summed E-state index contributed by atoms with van der Waals surface area (Å²) in [6.07, 6.45) is 0.992. The van der Waals surface area contributed by atoms with E-state index in [0.29, 0.717) is 13.1 Å². The minimum atomic E-state index is -0.429. The Kier molecular flexibility index (Phi) is 6.13. The van der Waals surface area contributed by atoms with Crippen LogP contribution in [0.3, 0.4) is 0 Å². The zero-order valence-corrected chi connectivity index (χ0v) is 12.2. The Morgan fingerprint density at radius 2 is 1.76 bits per heavy atom. The van der Waals surface area contributed by atoms with E-state index in [2.05, 4.69) is 11.8 Å². The van der Waals surface area contributed by atoms with Crippen molar-refractivity contribution < 1.29 is 9.53 Å². The fraction of sp³-hybridized carbons (Fsp3) is 0.923. The van der Waals surface area contributed by atoms with Crippen molar-refractivity contribution in [2.24, 2.45) is 5.73 Å². The van der Waals surface area contributed by atoms with Crippen molar-refractivity contribution in [3.05, 3.63) is 0 Å². The highest BCUT2D eigenvalue weighted by atomic mass is 16.6. The Balaban J connectivity index is 4.50. The largest absolute Gasteiger partial charge is 0.459 e. The Labute approximate surface area is 105 Å². The first-order chi connectivity index (χ1) is 7.62. The average molecular weight is 244 g/mol. The Morgan fingerprint density at radius 1 is 1.24 bits per heavy atom. The number of nitrogens with two attached hydrogens (primary N) is 1. The van der Waals surface area contributed by atoms with Gasteiger partial charge in [0.1, 0.15) is 5.60 Å². The van der Waals surface area contributed by atoms with E-state index in [1.807, 2.05) is 34.6 Å². The molecule has 0 aliphatic carbocycles. The van der Waals surface area contributed by atoms with Crippen LogP contribution in [0.15, 0.2) is 0 Å². The maximum atomic E-state index is 11.8. The van der Waals surface area contributed by atoms with E-state index in [1.165, 1.54) is 0 Å². The predicted octanol–water partition coefficient (Wildman–Crippen LogP) is 1.78. The normalized spacial score (nSPS) is 12.9. The first-order valence-corrected chi connectivity index (χ1v) is 6.29. The lowest BCUT2D eigenvalue weighted by Gasteiger charge is -2.37. The highest BCUT2D eigenvalue weighted by Gasteiger charge is 2.28. The molecule has 0 amide bonds. The van der Waals surface area contributed by atoms with Crippen molar-refractivity contribution in [3.63, 3.8) is 0 Å². The van der Waals surface area contributed by atoms with Gasteiger partial charge in [-0.05, 0) is 47.6 Å². The van der Waals surface area contributed by atoms with Gasteiger partial charge in [0.25, 0.3) is 0 Å².